The number of methoxy groups -OCH3 is 1. The summed E-state index contributed by atoms with van der Waals surface area (Å²) in [6, 6.07) is 10.2. The number of nitrogens with zero attached hydrogens (tertiary/aromatic N) is 2. The van der Waals surface area contributed by atoms with Crippen molar-refractivity contribution < 1.29 is 4.74 Å². The smallest absolute Gasteiger partial charge is 0.191 e. The van der Waals surface area contributed by atoms with Gasteiger partial charge in [-0.2, -0.15) is 0 Å². The van der Waals surface area contributed by atoms with Gasteiger partial charge in [-0.3, -0.25) is 4.99 Å². The molecule has 1 unspecified atom stereocenters. The number of ether oxygens (including phenoxy) is 1. The molecule has 2 aromatic rings. The summed E-state index contributed by atoms with van der Waals surface area (Å²) in [6.45, 7) is 7.84. The number of guanidine groups is 1. The van der Waals surface area contributed by atoms with Gasteiger partial charge in [-0.15, -0.1) is 11.3 Å². The van der Waals surface area contributed by atoms with Crippen molar-refractivity contribution in [2.24, 2.45) is 10.4 Å². The van der Waals surface area contributed by atoms with E-state index in [0.29, 0.717) is 13.1 Å². The van der Waals surface area contributed by atoms with E-state index in [1.807, 2.05) is 18.2 Å². The minimum absolute atomic E-state index is 0.0699. The summed E-state index contributed by atoms with van der Waals surface area (Å²) in [4.78, 5) is 8.96. The van der Waals surface area contributed by atoms with Gasteiger partial charge in [-0.05, 0) is 5.41 Å². The van der Waals surface area contributed by atoms with E-state index in [4.69, 9.17) is 4.74 Å². The van der Waals surface area contributed by atoms with Crippen molar-refractivity contribution in [3.63, 3.8) is 0 Å². The van der Waals surface area contributed by atoms with Crippen molar-refractivity contribution >= 4 is 17.3 Å². The highest BCUT2D eigenvalue weighted by molar-refractivity contribution is 7.09. The van der Waals surface area contributed by atoms with Crippen LogP contribution in [-0.2, 0) is 11.3 Å². The van der Waals surface area contributed by atoms with E-state index < -0.39 is 0 Å². The second-order valence-corrected chi connectivity index (χ2v) is 7.83. The van der Waals surface area contributed by atoms with Crippen molar-refractivity contribution in [2.45, 2.75) is 33.4 Å². The summed E-state index contributed by atoms with van der Waals surface area (Å²) < 4.78 is 5.57. The number of thiazole rings is 1. The van der Waals surface area contributed by atoms with Crippen molar-refractivity contribution in [1.82, 2.24) is 15.6 Å². The van der Waals surface area contributed by atoms with Crippen LogP contribution in [0.25, 0.3) is 11.3 Å². The lowest BCUT2D eigenvalue weighted by atomic mass is 9.89. The zero-order chi connectivity index (χ0) is 18.3. The minimum Gasteiger partial charge on any atom is -0.379 e. The van der Waals surface area contributed by atoms with Gasteiger partial charge in [0.25, 0.3) is 0 Å². The molecule has 0 amide bonds. The molecule has 1 aromatic heterocycles. The van der Waals surface area contributed by atoms with Gasteiger partial charge in [-0.25, -0.2) is 4.98 Å². The zero-order valence-electron chi connectivity index (χ0n) is 15.7. The monoisotopic (exact) mass is 360 g/mol. The molecule has 0 bridgehead atoms. The van der Waals surface area contributed by atoms with Crippen molar-refractivity contribution in [3.8, 4) is 11.3 Å². The molecule has 0 saturated heterocycles. The van der Waals surface area contributed by atoms with E-state index in [1.165, 1.54) is 0 Å². The maximum absolute atomic E-state index is 5.57. The number of rotatable bonds is 6. The zero-order valence-corrected chi connectivity index (χ0v) is 16.5. The van der Waals surface area contributed by atoms with Gasteiger partial charge < -0.3 is 15.4 Å². The topological polar surface area (TPSA) is 58.5 Å². The molecule has 1 atom stereocenters. The van der Waals surface area contributed by atoms with E-state index in [9.17, 15) is 0 Å². The SMILES string of the molecule is CN=C(NCc1nc(-c2ccccc2)cs1)NCC(OC)C(C)(C)C. The number of hydrogen-bond donors (Lipinski definition) is 2. The molecule has 5 nitrogen and oxygen atoms in total. The van der Waals surface area contributed by atoms with Crippen LogP contribution in [0.1, 0.15) is 25.8 Å². The Morgan fingerprint density at radius 3 is 2.56 bits per heavy atom. The van der Waals surface area contributed by atoms with Crippen molar-refractivity contribution in [1.29, 1.82) is 0 Å². The highest BCUT2D eigenvalue weighted by atomic mass is 32.1. The lowest BCUT2D eigenvalue weighted by Gasteiger charge is -2.30. The first kappa shape index (κ1) is 19.4. The average Bonchev–Trinajstić information content (AvgIpc) is 3.06. The lowest BCUT2D eigenvalue weighted by molar-refractivity contribution is 0.0205. The summed E-state index contributed by atoms with van der Waals surface area (Å²) in [5.74, 6) is 0.753. The summed E-state index contributed by atoms with van der Waals surface area (Å²) in [6.07, 6.45) is 0.107. The third kappa shape index (κ3) is 5.83. The van der Waals surface area contributed by atoms with E-state index in [-0.39, 0.29) is 11.5 Å². The number of hydrogen-bond acceptors (Lipinski definition) is 4. The quantitative estimate of drug-likeness (QED) is 0.611. The van der Waals surface area contributed by atoms with Crippen molar-refractivity contribution in [2.75, 3.05) is 20.7 Å². The average molecular weight is 361 g/mol. The summed E-state index contributed by atoms with van der Waals surface area (Å²) >= 11 is 1.65. The van der Waals surface area contributed by atoms with Gasteiger partial charge in [0.05, 0.1) is 18.3 Å². The molecule has 6 heteroatoms. The molecule has 136 valence electrons. The third-order valence-corrected chi connectivity index (χ3v) is 4.81. The van der Waals surface area contributed by atoms with Gasteiger partial charge in [0.15, 0.2) is 5.96 Å². The largest absolute Gasteiger partial charge is 0.379 e. The van der Waals surface area contributed by atoms with Crippen LogP contribution in [-0.4, -0.2) is 37.7 Å². The van der Waals surface area contributed by atoms with E-state index in [2.05, 4.69) is 58.9 Å². The molecular weight excluding hydrogens is 332 g/mol. The van der Waals surface area contributed by atoms with Crippen LogP contribution in [0.2, 0.25) is 0 Å². The van der Waals surface area contributed by atoms with Crippen LogP contribution in [0, 0.1) is 5.41 Å². The number of aliphatic imine (C=N–C) groups is 1. The predicted octanol–water partition coefficient (Wildman–Crippen LogP) is 3.54. The van der Waals surface area contributed by atoms with E-state index in [1.54, 1.807) is 25.5 Å². The van der Waals surface area contributed by atoms with Crippen LogP contribution < -0.4 is 10.6 Å². The Labute approximate surface area is 154 Å². The third-order valence-electron chi connectivity index (χ3n) is 3.96. The van der Waals surface area contributed by atoms with E-state index >= 15 is 0 Å². The molecule has 0 aliphatic rings. The predicted molar refractivity (Wildman–Crippen MR) is 106 cm³/mol. The molecule has 25 heavy (non-hydrogen) atoms. The molecule has 1 aromatic carbocycles. The maximum atomic E-state index is 5.57. The van der Waals surface area contributed by atoms with E-state index in [0.717, 1.165) is 22.2 Å². The fourth-order valence-corrected chi connectivity index (χ4v) is 3.19. The van der Waals surface area contributed by atoms with Crippen LogP contribution in [0.15, 0.2) is 40.7 Å². The number of nitrogens with one attached hydrogen (secondary N) is 2. The molecule has 0 radical (unpaired) electrons. The first-order valence-corrected chi connectivity index (χ1v) is 9.29. The van der Waals surface area contributed by atoms with Crippen LogP contribution in [0.5, 0.6) is 0 Å². The normalized spacial score (nSPS) is 13.6. The van der Waals surface area contributed by atoms with Gasteiger partial charge in [-0.1, -0.05) is 51.1 Å². The second-order valence-electron chi connectivity index (χ2n) is 6.89. The molecule has 2 rings (SSSR count). The van der Waals surface area contributed by atoms with Gasteiger partial charge >= 0.3 is 0 Å². The summed E-state index contributed by atoms with van der Waals surface area (Å²) in [5, 5.41) is 9.75. The molecule has 0 aliphatic carbocycles. The number of aromatic nitrogens is 1. The molecule has 0 fully saturated rings. The summed E-state index contributed by atoms with van der Waals surface area (Å²) in [5.41, 5.74) is 2.22. The Morgan fingerprint density at radius 2 is 1.96 bits per heavy atom. The first-order chi connectivity index (χ1) is 11.9. The minimum atomic E-state index is 0.0699. The molecular formula is C19H28N4OS. The fraction of sp³-hybridized carbons (Fsp3) is 0.474. The first-order valence-electron chi connectivity index (χ1n) is 8.41. The Bertz CT molecular complexity index is 676. The van der Waals surface area contributed by atoms with Crippen LogP contribution in [0.4, 0.5) is 0 Å². The van der Waals surface area contributed by atoms with Crippen molar-refractivity contribution in [3.05, 3.63) is 40.7 Å². The maximum Gasteiger partial charge on any atom is 0.191 e. The van der Waals surface area contributed by atoms with Gasteiger partial charge in [0.1, 0.15) is 5.01 Å². The highest BCUT2D eigenvalue weighted by Gasteiger charge is 2.24. The Balaban J connectivity index is 1.88. The lowest BCUT2D eigenvalue weighted by Crippen LogP contribution is -2.45. The van der Waals surface area contributed by atoms with Crippen LogP contribution >= 0.6 is 11.3 Å². The Kier molecular flexibility index (Phi) is 6.96. The Hall–Kier alpha value is -1.92. The van der Waals surface area contributed by atoms with Gasteiger partial charge in [0.2, 0.25) is 0 Å². The van der Waals surface area contributed by atoms with Gasteiger partial charge in [0, 0.05) is 31.6 Å². The number of benzene rings is 1. The molecule has 0 spiro atoms. The van der Waals surface area contributed by atoms with Crippen LogP contribution in [0.3, 0.4) is 0 Å². The highest BCUT2D eigenvalue weighted by Crippen LogP contribution is 2.22. The fourth-order valence-electron chi connectivity index (χ4n) is 2.45. The summed E-state index contributed by atoms with van der Waals surface area (Å²) in [7, 11) is 3.51. The molecule has 0 saturated carbocycles. The molecule has 1 heterocycles. The second kappa shape index (κ2) is 8.97. The Morgan fingerprint density at radius 1 is 1.24 bits per heavy atom. The molecule has 2 N–H and O–H groups in total. The standard InChI is InChI=1S/C19H28N4OS/c1-19(2,3)16(24-5)11-21-18(20-4)22-12-17-23-15(13-25-17)14-9-7-6-8-10-14/h6-10,13,16H,11-12H2,1-5H3,(H2,20,21,22). The molecule has 0 aliphatic heterocycles.